The van der Waals surface area contributed by atoms with Gasteiger partial charge in [-0.25, -0.2) is 19.4 Å². The van der Waals surface area contributed by atoms with E-state index in [1.807, 2.05) is 96.7 Å². The first-order chi connectivity index (χ1) is 32.6. The summed E-state index contributed by atoms with van der Waals surface area (Å²) >= 11 is 7.02. The van der Waals surface area contributed by atoms with Gasteiger partial charge in [0.15, 0.2) is 6.29 Å². The molecule has 2 aliphatic heterocycles. The number of carbonyl (C=O) groups is 6. The Bertz CT molecular complexity index is 2180. The number of likely N-dealkylation sites (tertiary alicyclic amines) is 1. The van der Waals surface area contributed by atoms with Gasteiger partial charge in [-0.15, -0.1) is 22.7 Å². The van der Waals surface area contributed by atoms with Crippen LogP contribution < -0.4 is 34.9 Å². The number of benzene rings is 2. The largest absolute Gasteiger partial charge is 1.00 e. The molecule has 2 aromatic heterocycles. The number of hydrogen-bond acceptors (Lipinski definition) is 13. The molecule has 2 aliphatic rings. The van der Waals surface area contributed by atoms with Crippen LogP contribution in [-0.2, 0) is 35.4 Å². The Balaban J connectivity index is 0.000000496. The molecule has 6 rings (SSSR count). The molecule has 2 saturated heterocycles. The minimum absolute atomic E-state index is 0. The minimum Gasteiger partial charge on any atom is -0.793 e. The van der Waals surface area contributed by atoms with Crippen molar-refractivity contribution in [3.05, 3.63) is 127 Å². The van der Waals surface area contributed by atoms with Crippen molar-refractivity contribution in [3.63, 3.8) is 0 Å². The molecule has 0 bridgehead atoms. The van der Waals surface area contributed by atoms with Crippen molar-refractivity contribution in [2.24, 2.45) is 0 Å². The number of thiophene rings is 2. The van der Waals surface area contributed by atoms with E-state index in [0.717, 1.165) is 126 Å². The monoisotopic (exact) mass is 1060 g/mol. The van der Waals surface area contributed by atoms with Crippen LogP contribution in [0.5, 0.6) is 0 Å². The third kappa shape index (κ3) is 24.0. The Hall–Kier alpha value is -4.20. The molecule has 2 fully saturated rings. The van der Waals surface area contributed by atoms with Gasteiger partial charge >= 0.3 is 41.5 Å². The van der Waals surface area contributed by atoms with Crippen molar-refractivity contribution in [2.75, 3.05) is 52.4 Å². The van der Waals surface area contributed by atoms with E-state index >= 15 is 0 Å². The van der Waals surface area contributed by atoms with Crippen molar-refractivity contribution in [1.29, 1.82) is 0 Å². The first kappa shape index (κ1) is 62.8. The molecular weight excluding hydrogens is 990 g/mol. The van der Waals surface area contributed by atoms with Crippen LogP contribution in [0.25, 0.3) is 10.1 Å². The second kappa shape index (κ2) is 35.8. The summed E-state index contributed by atoms with van der Waals surface area (Å²) in [4.78, 5) is 79.9. The summed E-state index contributed by atoms with van der Waals surface area (Å²) in [5.74, 6) is -1.51. The average molecular weight is 1060 g/mol. The summed E-state index contributed by atoms with van der Waals surface area (Å²) < 4.78 is 4.80. The van der Waals surface area contributed by atoms with Crippen LogP contribution in [0.4, 0.5) is 0 Å². The summed E-state index contributed by atoms with van der Waals surface area (Å²) in [6.45, 7) is 22.2. The molecule has 367 valence electrons. The van der Waals surface area contributed by atoms with Gasteiger partial charge in [0.05, 0.1) is 4.88 Å². The smallest absolute Gasteiger partial charge is 0.793 e. The molecule has 69 heavy (non-hydrogen) atoms. The Morgan fingerprint density at radius 1 is 0.652 bits per heavy atom. The molecule has 13 nitrogen and oxygen atoms in total. The third-order valence-corrected chi connectivity index (χ3v) is 13.3. The fourth-order valence-corrected chi connectivity index (χ4v) is 8.75. The summed E-state index contributed by atoms with van der Waals surface area (Å²) in [5.41, 5.74) is 8.34. The van der Waals surface area contributed by atoms with Crippen LogP contribution in [0, 0.1) is 0 Å². The molecule has 2 aromatic carbocycles. The number of carbonyl (C=O) groups excluding carboxylic acids is 6. The predicted octanol–water partition coefficient (Wildman–Crippen LogP) is 7.18. The summed E-state index contributed by atoms with van der Waals surface area (Å²) in [6, 6.07) is 24.1. The zero-order valence-corrected chi connectivity index (χ0v) is 46.9. The zero-order chi connectivity index (χ0) is 50.4. The summed E-state index contributed by atoms with van der Waals surface area (Å²) in [5, 5.41) is 7.40. The van der Waals surface area contributed by atoms with Gasteiger partial charge in [0.25, 0.3) is 11.8 Å². The number of nitrogens with one attached hydrogen (secondary N) is 1. The molecule has 0 saturated carbocycles. The molecular formula is C51H66BBrN4NaO9S2. The number of amides is 2. The van der Waals surface area contributed by atoms with E-state index in [1.165, 1.54) is 44.3 Å². The summed E-state index contributed by atoms with van der Waals surface area (Å²) in [7, 11) is 4.32. The molecule has 2 amide bonds. The van der Waals surface area contributed by atoms with E-state index in [9.17, 15) is 28.8 Å². The van der Waals surface area contributed by atoms with Crippen LogP contribution in [0.2, 0.25) is 0 Å². The first-order valence-electron chi connectivity index (χ1n) is 22.6. The SMILES string of the molecule is CC(=O)OOC(C)=O.CCN(CC)C(=O)c1ccc(C(Br)=C2CCNCC2)cc1.CCN(CC)C(=O)c1ccc(C(C)=C2CCN(Cc3cccs3)CC2)cc1.O=Cc1cccs1.[B-]OC(C)=O.[Na+]. The number of hydrogen-bond donors (Lipinski definition) is 1. The van der Waals surface area contributed by atoms with Crippen molar-refractivity contribution in [2.45, 2.75) is 87.6 Å². The van der Waals surface area contributed by atoms with E-state index in [0.29, 0.717) is 0 Å². The molecule has 1 N–H and O–H groups in total. The van der Waals surface area contributed by atoms with Gasteiger partial charge in [-0.05, 0) is 137 Å². The van der Waals surface area contributed by atoms with E-state index in [4.69, 9.17) is 0 Å². The van der Waals surface area contributed by atoms with Crippen molar-refractivity contribution < 1.29 is 72.8 Å². The van der Waals surface area contributed by atoms with Gasteiger partial charge in [0.2, 0.25) is 5.97 Å². The second-order valence-corrected chi connectivity index (χ2v) is 18.1. The van der Waals surface area contributed by atoms with Crippen molar-refractivity contribution in [3.8, 4) is 0 Å². The maximum Gasteiger partial charge on any atom is 1.00 e. The zero-order valence-electron chi connectivity index (χ0n) is 41.6. The topological polar surface area (TPSA) is 152 Å². The van der Waals surface area contributed by atoms with Crippen LogP contribution in [0.1, 0.15) is 127 Å². The van der Waals surface area contributed by atoms with Crippen molar-refractivity contribution >= 4 is 92.7 Å². The second-order valence-electron chi connectivity index (χ2n) is 15.3. The molecule has 4 heterocycles. The van der Waals surface area contributed by atoms with Crippen LogP contribution in [0.15, 0.2) is 94.7 Å². The van der Waals surface area contributed by atoms with Gasteiger partial charge in [0, 0.05) is 87.1 Å². The average Bonchev–Trinajstić information content (AvgIpc) is 4.11. The molecule has 3 radical (unpaired) electrons. The number of rotatable bonds is 11. The molecule has 18 heteroatoms. The van der Waals surface area contributed by atoms with Gasteiger partial charge < -0.3 is 27.8 Å². The number of halogens is 1. The minimum atomic E-state index is -0.639. The van der Waals surface area contributed by atoms with Gasteiger partial charge in [-0.3, -0.25) is 24.1 Å². The molecule has 0 aliphatic carbocycles. The van der Waals surface area contributed by atoms with Crippen LogP contribution in [0.3, 0.4) is 0 Å². The third-order valence-electron chi connectivity index (χ3n) is 10.6. The van der Waals surface area contributed by atoms with E-state index in [-0.39, 0.29) is 41.4 Å². The fraction of sp³-hybridized carbons (Fsp3) is 0.412. The van der Waals surface area contributed by atoms with Crippen LogP contribution in [-0.4, -0.2) is 111 Å². The summed E-state index contributed by atoms with van der Waals surface area (Å²) in [6.07, 6.45) is 5.29. The van der Waals surface area contributed by atoms with Crippen molar-refractivity contribution in [1.82, 2.24) is 20.0 Å². The Morgan fingerprint density at radius 2 is 1.09 bits per heavy atom. The van der Waals surface area contributed by atoms with Gasteiger partial charge in [0.1, 0.15) is 0 Å². The van der Waals surface area contributed by atoms with E-state index < -0.39 is 17.9 Å². The molecule has 0 spiro atoms. The number of aldehydes is 1. The first-order valence-corrected chi connectivity index (χ1v) is 25.2. The van der Waals surface area contributed by atoms with Gasteiger partial charge in [-0.1, -0.05) is 63.5 Å². The number of allylic oxidation sites excluding steroid dienone is 1. The van der Waals surface area contributed by atoms with Gasteiger partial charge in [-0.2, -0.15) is 0 Å². The normalized spacial score (nSPS) is 12.7. The quantitative estimate of drug-likeness (QED) is 0.0704. The Morgan fingerprint density at radius 3 is 1.45 bits per heavy atom. The Kier molecular flexibility index (Phi) is 32.6. The molecule has 0 unspecified atom stereocenters. The van der Waals surface area contributed by atoms with Crippen LogP contribution >= 0.6 is 38.6 Å². The molecule has 0 atom stereocenters. The maximum absolute atomic E-state index is 12.5. The van der Waals surface area contributed by atoms with E-state index in [1.54, 1.807) is 11.6 Å². The maximum atomic E-state index is 12.5. The fourth-order valence-electron chi connectivity index (χ4n) is 6.82. The number of piperidine rings is 2. The molecule has 4 aromatic rings. The standard InChI is InChI=1S/C23H30N2OS.C17H23BrN2O.C5H4OS.C4H6O4.C2H3BO2.Na/c1-4-25(5-2)23(26)21-10-8-19(9-11-21)18(3)20-12-14-24(15-13-20)17-22-7-6-16-27-22;1-3-20(4-2)17(21)15-7-5-13(6-8-15)16(18)14-9-11-19-12-10-14;6-4-5-2-1-3-7-5;1-3(5)7-8-4(2)6;1-2(4)5-3;/h6-11,16H,4-5,12-15,17H2,1-3H3;5-8,19H,3-4,9-12H2,1-2H3;1-4H;1-2H3;1H3;/q;;;;-1;+1. The Labute approximate surface area is 448 Å². The predicted molar refractivity (Wildman–Crippen MR) is 278 cm³/mol. The van der Waals surface area contributed by atoms with E-state index in [2.05, 4.69) is 85.2 Å². The number of nitrogens with zero attached hydrogens (tertiary/aromatic N) is 3.